The van der Waals surface area contributed by atoms with Crippen LogP contribution in [0.1, 0.15) is 24.3 Å². The number of hydrogen-bond donors (Lipinski definition) is 2. The summed E-state index contributed by atoms with van der Waals surface area (Å²) in [6.07, 6.45) is -2.28. The second-order valence-corrected chi connectivity index (χ2v) is 8.55. The molecule has 11 nitrogen and oxygen atoms in total. The van der Waals surface area contributed by atoms with Crippen molar-refractivity contribution in [2.24, 2.45) is 0 Å². The highest BCUT2D eigenvalue weighted by Gasteiger charge is 2.60. The molecular formula is C17H19F2N4O7P. The third kappa shape index (κ3) is 4.38. The fourth-order valence-electron chi connectivity index (χ4n) is 3.26. The summed E-state index contributed by atoms with van der Waals surface area (Å²) in [4.78, 5) is 19.2. The topological polar surface area (TPSA) is 148 Å². The minimum absolute atomic E-state index is 0.0453. The zero-order valence-electron chi connectivity index (χ0n) is 15.9. The Morgan fingerprint density at radius 2 is 2.10 bits per heavy atom. The number of rotatable bonds is 5. The molecule has 31 heavy (non-hydrogen) atoms. The number of aliphatic hydroxyl groups excluding tert-OH is 1. The third-order valence-electron chi connectivity index (χ3n) is 4.84. The maximum absolute atomic E-state index is 14.6. The van der Waals surface area contributed by atoms with Crippen LogP contribution >= 0.6 is 7.82 Å². The smallest absolute Gasteiger partial charge is 0.384 e. The van der Waals surface area contributed by atoms with Gasteiger partial charge >= 0.3 is 19.4 Å². The molecule has 168 valence electrons. The highest BCUT2D eigenvalue weighted by atomic mass is 31.2. The van der Waals surface area contributed by atoms with E-state index in [1.807, 2.05) is 0 Å². The Labute approximate surface area is 174 Å². The van der Waals surface area contributed by atoms with Gasteiger partial charge in [0.15, 0.2) is 6.10 Å². The van der Waals surface area contributed by atoms with Gasteiger partial charge < -0.3 is 15.6 Å². The van der Waals surface area contributed by atoms with Crippen molar-refractivity contribution in [2.45, 2.75) is 36.9 Å². The van der Waals surface area contributed by atoms with E-state index in [1.165, 1.54) is 0 Å². The van der Waals surface area contributed by atoms with Crippen molar-refractivity contribution in [3.05, 3.63) is 52.8 Å². The number of anilines is 1. The van der Waals surface area contributed by atoms with Crippen molar-refractivity contribution < 1.29 is 36.8 Å². The van der Waals surface area contributed by atoms with E-state index in [0.29, 0.717) is 16.6 Å². The number of ether oxygens (including phenoxy) is 1. The van der Waals surface area contributed by atoms with Crippen LogP contribution in [0, 0.1) is 0 Å². The number of nitrogens with zero attached hydrogens (tertiary/aromatic N) is 3. The number of alkyl halides is 2. The number of aromatic nitrogens is 3. The number of aliphatic hydroxyl groups is 1. The molecule has 5 atom stereocenters. The summed E-state index contributed by atoms with van der Waals surface area (Å²) in [7, 11) is -4.12. The number of phosphoric ester groups is 1. The minimum Gasteiger partial charge on any atom is -0.384 e. The molecule has 0 saturated carbocycles. The fraction of sp³-hybridized carbons (Fsp3) is 0.471. The lowest BCUT2D eigenvalue weighted by atomic mass is 10.1. The van der Waals surface area contributed by atoms with Gasteiger partial charge in [-0.05, 0) is 23.8 Å². The molecule has 2 aliphatic heterocycles. The first kappa shape index (κ1) is 21.9. The van der Waals surface area contributed by atoms with E-state index < -0.39 is 50.6 Å². The Kier molecular flexibility index (Phi) is 5.90. The van der Waals surface area contributed by atoms with Crippen molar-refractivity contribution >= 4 is 13.6 Å². The second kappa shape index (κ2) is 8.34. The molecular weight excluding hydrogens is 441 g/mol. The molecule has 4 rings (SSSR count). The summed E-state index contributed by atoms with van der Waals surface area (Å²) in [5.74, 6) is -4.02. The number of nitrogen functional groups attached to an aromatic ring is 1. The molecule has 0 amide bonds. The highest BCUT2D eigenvalue weighted by molar-refractivity contribution is 7.48. The average molecular weight is 460 g/mol. The van der Waals surface area contributed by atoms with E-state index in [1.54, 1.807) is 24.5 Å². The van der Waals surface area contributed by atoms with Gasteiger partial charge in [-0.2, -0.15) is 13.8 Å². The summed E-state index contributed by atoms with van der Waals surface area (Å²) >= 11 is 0. The van der Waals surface area contributed by atoms with E-state index in [4.69, 9.17) is 24.0 Å². The van der Waals surface area contributed by atoms with Gasteiger partial charge in [0.1, 0.15) is 11.9 Å². The molecule has 0 aliphatic carbocycles. The normalized spacial score (nSPS) is 32.7. The van der Waals surface area contributed by atoms with Crippen LogP contribution in [0.25, 0.3) is 0 Å². The summed E-state index contributed by atoms with van der Waals surface area (Å²) in [5, 5.41) is 10.0. The standard InChI is InChI=1S/C17H19F2N4O7P/c18-17(19)14(24)12(29-15(17)23-7-3-13(20)22-16(23)25)9-28-31(26)27-8-4-11(30-31)10-1-5-21-6-2-10/h1-3,5-7,11-12,14-15,24H,4,8-9H2,(H2,20,22,25)/t11-,12-,14-,15-,31?/m1/s1. The van der Waals surface area contributed by atoms with E-state index in [-0.39, 0.29) is 12.4 Å². The van der Waals surface area contributed by atoms with Crippen LogP contribution < -0.4 is 11.4 Å². The number of hydrogen-bond acceptors (Lipinski definition) is 10. The van der Waals surface area contributed by atoms with Gasteiger partial charge in [-0.1, -0.05) is 0 Å². The van der Waals surface area contributed by atoms with Gasteiger partial charge in [-0.3, -0.25) is 23.1 Å². The molecule has 2 fully saturated rings. The Morgan fingerprint density at radius 1 is 1.35 bits per heavy atom. The Hall–Kier alpha value is -2.28. The van der Waals surface area contributed by atoms with Crippen molar-refractivity contribution in [1.82, 2.24) is 14.5 Å². The molecule has 2 aromatic rings. The molecule has 4 heterocycles. The van der Waals surface area contributed by atoms with Crippen LogP contribution in [0.2, 0.25) is 0 Å². The van der Waals surface area contributed by atoms with Crippen molar-refractivity contribution in [3.8, 4) is 0 Å². The van der Waals surface area contributed by atoms with E-state index in [2.05, 4.69) is 9.97 Å². The first-order valence-electron chi connectivity index (χ1n) is 9.23. The van der Waals surface area contributed by atoms with Crippen molar-refractivity contribution in [1.29, 1.82) is 0 Å². The molecule has 3 N–H and O–H groups in total. The maximum Gasteiger partial charge on any atom is 0.475 e. The number of halogens is 2. The van der Waals surface area contributed by atoms with Gasteiger partial charge in [-0.25, -0.2) is 9.36 Å². The Morgan fingerprint density at radius 3 is 2.81 bits per heavy atom. The van der Waals surface area contributed by atoms with Gasteiger partial charge in [0.25, 0.3) is 0 Å². The van der Waals surface area contributed by atoms with Gasteiger partial charge in [0, 0.05) is 25.0 Å². The summed E-state index contributed by atoms with van der Waals surface area (Å²) in [6.45, 7) is -0.686. The summed E-state index contributed by atoms with van der Waals surface area (Å²) in [5.41, 5.74) is 4.98. The molecule has 0 radical (unpaired) electrons. The van der Waals surface area contributed by atoms with Gasteiger partial charge in [0.2, 0.25) is 6.23 Å². The monoisotopic (exact) mass is 460 g/mol. The molecule has 2 aliphatic rings. The molecule has 1 unspecified atom stereocenters. The molecule has 2 saturated heterocycles. The van der Waals surface area contributed by atoms with Crippen LogP contribution in [0.3, 0.4) is 0 Å². The summed E-state index contributed by atoms with van der Waals surface area (Å²) in [6, 6.07) is 4.49. The summed E-state index contributed by atoms with van der Waals surface area (Å²) < 4.78 is 63.3. The number of nitrogens with two attached hydrogens (primary N) is 1. The SMILES string of the molecule is Nc1ccn([C@@H]2O[C@H](COP3(=O)OCC[C@H](c4ccncc4)O3)[C@@H](O)C2(F)F)c(=O)n1. The van der Waals surface area contributed by atoms with E-state index >= 15 is 0 Å². The number of phosphoric acid groups is 1. The van der Waals surface area contributed by atoms with Gasteiger partial charge in [-0.15, -0.1) is 0 Å². The van der Waals surface area contributed by atoms with E-state index in [0.717, 1.165) is 12.3 Å². The van der Waals surface area contributed by atoms with Crippen LogP contribution in [0.15, 0.2) is 41.6 Å². The van der Waals surface area contributed by atoms with Crippen molar-refractivity contribution in [3.63, 3.8) is 0 Å². The zero-order chi connectivity index (χ0) is 22.2. The van der Waals surface area contributed by atoms with Crippen LogP contribution in [0.5, 0.6) is 0 Å². The van der Waals surface area contributed by atoms with Crippen LogP contribution in [-0.2, 0) is 22.9 Å². The highest BCUT2D eigenvalue weighted by Crippen LogP contribution is 2.57. The Balaban J connectivity index is 1.46. The Bertz CT molecular complexity index is 1040. The van der Waals surface area contributed by atoms with Crippen molar-refractivity contribution in [2.75, 3.05) is 18.9 Å². The number of pyridine rings is 1. The third-order valence-corrected chi connectivity index (χ3v) is 6.32. The molecule has 2 aromatic heterocycles. The molecule has 0 aromatic carbocycles. The lowest BCUT2D eigenvalue weighted by molar-refractivity contribution is -0.140. The average Bonchev–Trinajstić information content (AvgIpc) is 2.96. The van der Waals surface area contributed by atoms with E-state index in [9.17, 15) is 23.2 Å². The molecule has 0 bridgehead atoms. The maximum atomic E-state index is 14.6. The predicted molar refractivity (Wildman–Crippen MR) is 100.0 cm³/mol. The second-order valence-electron chi connectivity index (χ2n) is 6.93. The van der Waals surface area contributed by atoms with Crippen LogP contribution in [-0.4, -0.2) is 51.0 Å². The largest absolute Gasteiger partial charge is 0.475 e. The predicted octanol–water partition coefficient (Wildman–Crippen LogP) is 1.42. The molecule has 0 spiro atoms. The molecule has 14 heteroatoms. The quantitative estimate of drug-likeness (QED) is 0.628. The lowest BCUT2D eigenvalue weighted by Gasteiger charge is -2.29. The minimum atomic E-state index is -4.12. The van der Waals surface area contributed by atoms with Crippen LogP contribution in [0.4, 0.5) is 14.6 Å². The lowest BCUT2D eigenvalue weighted by Crippen LogP contribution is -2.42. The zero-order valence-corrected chi connectivity index (χ0v) is 16.8. The first-order chi connectivity index (χ1) is 14.7. The van der Waals surface area contributed by atoms with Gasteiger partial charge in [0.05, 0.1) is 19.3 Å². The fourth-order valence-corrected chi connectivity index (χ4v) is 4.65. The first-order valence-corrected chi connectivity index (χ1v) is 10.7.